The monoisotopic (exact) mass is 212 g/mol. The molecule has 74 valence electrons. The van der Waals surface area contributed by atoms with Crippen molar-refractivity contribution >= 4 is 17.2 Å². The van der Waals surface area contributed by atoms with Crippen LogP contribution in [-0.2, 0) is 0 Å². The highest BCUT2D eigenvalue weighted by molar-refractivity contribution is 7.17. The van der Waals surface area contributed by atoms with Crippen LogP contribution in [0, 0.1) is 6.92 Å². The fourth-order valence-corrected chi connectivity index (χ4v) is 1.90. The van der Waals surface area contributed by atoms with Crippen LogP contribution in [0.3, 0.4) is 0 Å². The van der Waals surface area contributed by atoms with E-state index in [1.54, 1.807) is 7.11 Å². The fraction of sp³-hybridized carbons (Fsp3) is 0.286. The Hall–Kier alpha value is -1.63. The molecular formula is C7H8N4O2S. The molecule has 0 spiro atoms. The van der Waals surface area contributed by atoms with E-state index in [4.69, 9.17) is 10.5 Å². The number of aromatic nitrogens is 3. The minimum atomic E-state index is 0.263. The first-order chi connectivity index (χ1) is 6.72. The SMILES string of the molecule is COc1nc(C)c(-c2nonc2N)s1. The number of ether oxygens (including phenoxy) is 1. The molecule has 0 aromatic carbocycles. The number of hydrogen-bond donors (Lipinski definition) is 1. The van der Waals surface area contributed by atoms with Gasteiger partial charge in [0, 0.05) is 0 Å². The van der Waals surface area contributed by atoms with Crippen LogP contribution in [0.2, 0.25) is 0 Å². The highest BCUT2D eigenvalue weighted by Crippen LogP contribution is 2.34. The van der Waals surface area contributed by atoms with Crippen LogP contribution in [0.5, 0.6) is 5.19 Å². The number of hydrogen-bond acceptors (Lipinski definition) is 7. The van der Waals surface area contributed by atoms with Crippen molar-refractivity contribution in [2.45, 2.75) is 6.92 Å². The number of rotatable bonds is 2. The molecule has 2 aromatic heterocycles. The minimum Gasteiger partial charge on any atom is -0.473 e. The van der Waals surface area contributed by atoms with Crippen LogP contribution < -0.4 is 10.5 Å². The van der Waals surface area contributed by atoms with Crippen molar-refractivity contribution in [1.82, 2.24) is 15.3 Å². The molecule has 6 nitrogen and oxygen atoms in total. The van der Waals surface area contributed by atoms with Crippen LogP contribution in [0.25, 0.3) is 10.6 Å². The molecular weight excluding hydrogens is 204 g/mol. The maximum Gasteiger partial charge on any atom is 0.273 e. The van der Waals surface area contributed by atoms with Crippen LogP contribution in [0.4, 0.5) is 5.82 Å². The van der Waals surface area contributed by atoms with Gasteiger partial charge >= 0.3 is 0 Å². The standard InChI is InChI=1S/C7H8N4O2S/c1-3-5(14-7(9-3)12-2)4-6(8)11-13-10-4/h1-2H3,(H2,8,11). The van der Waals surface area contributed by atoms with E-state index in [9.17, 15) is 0 Å². The number of nitrogens with two attached hydrogens (primary N) is 1. The van der Waals surface area contributed by atoms with Gasteiger partial charge in [0.05, 0.1) is 17.7 Å². The lowest BCUT2D eigenvalue weighted by Gasteiger charge is -1.89. The van der Waals surface area contributed by atoms with Crippen molar-refractivity contribution in [3.63, 3.8) is 0 Å². The third-order valence-corrected chi connectivity index (χ3v) is 2.81. The second kappa shape index (κ2) is 3.26. The molecule has 0 aliphatic rings. The van der Waals surface area contributed by atoms with E-state index in [0.29, 0.717) is 10.9 Å². The lowest BCUT2D eigenvalue weighted by molar-refractivity contribution is 0.310. The summed E-state index contributed by atoms with van der Waals surface area (Å²) in [6.07, 6.45) is 0. The first-order valence-electron chi connectivity index (χ1n) is 3.82. The topological polar surface area (TPSA) is 87.1 Å². The van der Waals surface area contributed by atoms with Crippen molar-refractivity contribution in [3.05, 3.63) is 5.69 Å². The summed E-state index contributed by atoms with van der Waals surface area (Å²) in [6.45, 7) is 1.85. The molecule has 0 saturated carbocycles. The molecule has 14 heavy (non-hydrogen) atoms. The quantitative estimate of drug-likeness (QED) is 0.801. The van der Waals surface area contributed by atoms with Crippen molar-refractivity contribution in [2.24, 2.45) is 0 Å². The molecule has 2 heterocycles. The number of thiazole rings is 1. The van der Waals surface area contributed by atoms with Gasteiger partial charge in [0.25, 0.3) is 5.19 Å². The lowest BCUT2D eigenvalue weighted by atomic mass is 10.3. The van der Waals surface area contributed by atoms with E-state index in [0.717, 1.165) is 10.6 Å². The Kier molecular flexibility index (Phi) is 2.08. The summed E-state index contributed by atoms with van der Waals surface area (Å²) in [5.74, 6) is 0.263. The number of nitrogen functional groups attached to an aromatic ring is 1. The van der Waals surface area contributed by atoms with Gasteiger partial charge in [-0.1, -0.05) is 11.3 Å². The average Bonchev–Trinajstić information content (AvgIpc) is 2.72. The van der Waals surface area contributed by atoms with Gasteiger partial charge < -0.3 is 10.5 Å². The smallest absolute Gasteiger partial charge is 0.273 e. The van der Waals surface area contributed by atoms with Gasteiger partial charge in [-0.05, 0) is 17.2 Å². The minimum absolute atomic E-state index is 0.263. The third kappa shape index (κ3) is 1.31. The predicted octanol–water partition coefficient (Wildman–Crippen LogP) is 1.09. The van der Waals surface area contributed by atoms with E-state index in [2.05, 4.69) is 19.9 Å². The third-order valence-electron chi connectivity index (χ3n) is 1.68. The van der Waals surface area contributed by atoms with Crippen molar-refractivity contribution in [1.29, 1.82) is 0 Å². The van der Waals surface area contributed by atoms with Crippen LogP contribution in [0.1, 0.15) is 5.69 Å². The molecule has 0 saturated heterocycles. The molecule has 0 amide bonds. The van der Waals surface area contributed by atoms with Crippen molar-refractivity contribution < 1.29 is 9.37 Å². The largest absolute Gasteiger partial charge is 0.473 e. The second-order valence-electron chi connectivity index (χ2n) is 2.60. The maximum atomic E-state index is 5.56. The van der Waals surface area contributed by atoms with Crippen molar-refractivity contribution in [3.8, 4) is 15.8 Å². The van der Waals surface area contributed by atoms with Crippen LogP contribution in [-0.4, -0.2) is 22.4 Å². The first-order valence-corrected chi connectivity index (χ1v) is 4.64. The molecule has 7 heteroatoms. The zero-order valence-corrected chi connectivity index (χ0v) is 8.46. The highest BCUT2D eigenvalue weighted by Gasteiger charge is 2.16. The molecule has 0 fully saturated rings. The van der Waals surface area contributed by atoms with Crippen LogP contribution in [0.15, 0.2) is 4.63 Å². The highest BCUT2D eigenvalue weighted by atomic mass is 32.1. The Balaban J connectivity index is 2.51. The number of methoxy groups -OCH3 is 1. The molecule has 0 aliphatic carbocycles. The zero-order chi connectivity index (χ0) is 10.1. The van der Waals surface area contributed by atoms with Gasteiger partial charge in [-0.15, -0.1) is 0 Å². The van der Waals surface area contributed by atoms with Gasteiger partial charge in [-0.25, -0.2) is 9.61 Å². The molecule has 0 unspecified atom stereocenters. The Morgan fingerprint density at radius 3 is 2.71 bits per heavy atom. The summed E-state index contributed by atoms with van der Waals surface area (Å²) in [5, 5.41) is 7.77. The van der Waals surface area contributed by atoms with E-state index >= 15 is 0 Å². The summed E-state index contributed by atoms with van der Waals surface area (Å²) < 4.78 is 9.51. The van der Waals surface area contributed by atoms with E-state index in [1.807, 2.05) is 6.92 Å². The lowest BCUT2D eigenvalue weighted by Crippen LogP contribution is -1.87. The number of nitrogens with zero attached hydrogens (tertiary/aromatic N) is 3. The zero-order valence-electron chi connectivity index (χ0n) is 7.64. The number of anilines is 1. The molecule has 0 atom stereocenters. The summed E-state index contributed by atoms with van der Waals surface area (Å²) in [5.41, 5.74) is 6.88. The van der Waals surface area contributed by atoms with Crippen LogP contribution >= 0.6 is 11.3 Å². The van der Waals surface area contributed by atoms with Gasteiger partial charge in [0.2, 0.25) is 0 Å². The summed E-state index contributed by atoms with van der Waals surface area (Å²) in [6, 6.07) is 0. The van der Waals surface area contributed by atoms with E-state index in [1.165, 1.54) is 11.3 Å². The molecule has 0 bridgehead atoms. The normalized spacial score (nSPS) is 10.4. The predicted molar refractivity (Wildman–Crippen MR) is 51.1 cm³/mol. The maximum absolute atomic E-state index is 5.56. The van der Waals surface area contributed by atoms with Gasteiger partial charge in [-0.2, -0.15) is 0 Å². The Bertz CT molecular complexity index is 450. The summed E-state index contributed by atoms with van der Waals surface area (Å²) in [4.78, 5) is 4.98. The molecule has 2 aromatic rings. The second-order valence-corrected chi connectivity index (χ2v) is 3.56. The van der Waals surface area contributed by atoms with E-state index < -0.39 is 0 Å². The summed E-state index contributed by atoms with van der Waals surface area (Å²) >= 11 is 1.36. The van der Waals surface area contributed by atoms with Crippen molar-refractivity contribution in [2.75, 3.05) is 12.8 Å². The summed E-state index contributed by atoms with van der Waals surface area (Å²) in [7, 11) is 1.56. The first kappa shape index (κ1) is 8.95. The van der Waals surface area contributed by atoms with Gasteiger partial charge in [-0.3, -0.25) is 0 Å². The number of aryl methyl sites for hydroxylation is 1. The molecule has 0 radical (unpaired) electrons. The van der Waals surface area contributed by atoms with E-state index in [-0.39, 0.29) is 5.82 Å². The Labute approximate surface area is 83.7 Å². The van der Waals surface area contributed by atoms with Gasteiger partial charge in [0.1, 0.15) is 0 Å². The molecule has 0 aliphatic heterocycles. The fourth-order valence-electron chi connectivity index (χ4n) is 1.03. The Morgan fingerprint density at radius 2 is 2.21 bits per heavy atom. The molecule has 2 N–H and O–H groups in total. The average molecular weight is 212 g/mol. The molecule has 2 rings (SSSR count). The Morgan fingerprint density at radius 1 is 1.43 bits per heavy atom. The van der Waals surface area contributed by atoms with Gasteiger partial charge in [0.15, 0.2) is 11.5 Å².